The lowest BCUT2D eigenvalue weighted by Crippen LogP contribution is -2.37. The van der Waals surface area contributed by atoms with Crippen molar-refractivity contribution in [1.82, 2.24) is 15.6 Å². The monoisotopic (exact) mass is 314 g/mol. The summed E-state index contributed by atoms with van der Waals surface area (Å²) in [6.07, 6.45) is 1.64. The Balaban J connectivity index is 2.19. The lowest BCUT2D eigenvalue weighted by atomic mass is 10.2. The highest BCUT2D eigenvalue weighted by atomic mass is 16.5. The molecule has 23 heavy (non-hydrogen) atoms. The standard InChI is InChI=1S/C17H22N4O2/c1-12(18-2)11-20-17(22)13-7-6-10-19-16(13)21-14-8-4-5-9-15(14)23-3/h4-10,12,18H,11H2,1-3H3,(H,19,21)(H,20,22). The molecule has 1 aromatic carbocycles. The Morgan fingerprint density at radius 2 is 2.04 bits per heavy atom. The molecule has 1 atom stereocenters. The number of methoxy groups -OCH3 is 1. The Hall–Kier alpha value is -2.60. The molecular formula is C17H22N4O2. The minimum atomic E-state index is -0.169. The van der Waals surface area contributed by atoms with E-state index in [4.69, 9.17) is 4.74 Å². The molecule has 0 aliphatic carbocycles. The number of nitrogens with zero attached hydrogens (tertiary/aromatic N) is 1. The Bertz CT molecular complexity index is 661. The summed E-state index contributed by atoms with van der Waals surface area (Å²) in [6, 6.07) is 11.2. The zero-order valence-electron chi connectivity index (χ0n) is 13.6. The number of ether oxygens (including phenoxy) is 1. The molecule has 122 valence electrons. The van der Waals surface area contributed by atoms with Gasteiger partial charge in [0.15, 0.2) is 0 Å². The van der Waals surface area contributed by atoms with Crippen molar-refractivity contribution in [1.29, 1.82) is 0 Å². The lowest BCUT2D eigenvalue weighted by Gasteiger charge is -2.15. The number of nitrogens with one attached hydrogen (secondary N) is 3. The fourth-order valence-corrected chi connectivity index (χ4v) is 2.01. The molecule has 0 saturated carbocycles. The number of hydrogen-bond acceptors (Lipinski definition) is 5. The van der Waals surface area contributed by atoms with Gasteiger partial charge in [0, 0.05) is 18.8 Å². The highest BCUT2D eigenvalue weighted by Gasteiger charge is 2.14. The summed E-state index contributed by atoms with van der Waals surface area (Å²) in [7, 11) is 3.46. The van der Waals surface area contributed by atoms with Gasteiger partial charge in [0.1, 0.15) is 11.6 Å². The summed E-state index contributed by atoms with van der Waals surface area (Å²) < 4.78 is 5.31. The highest BCUT2D eigenvalue weighted by Crippen LogP contribution is 2.27. The van der Waals surface area contributed by atoms with Gasteiger partial charge in [0.05, 0.1) is 18.4 Å². The van der Waals surface area contributed by atoms with Crippen LogP contribution in [0.15, 0.2) is 42.6 Å². The normalized spacial score (nSPS) is 11.6. The van der Waals surface area contributed by atoms with Crippen molar-refractivity contribution >= 4 is 17.4 Å². The van der Waals surface area contributed by atoms with Gasteiger partial charge in [-0.2, -0.15) is 0 Å². The third-order valence-electron chi connectivity index (χ3n) is 3.47. The predicted molar refractivity (Wildman–Crippen MR) is 91.4 cm³/mol. The molecule has 6 nitrogen and oxygen atoms in total. The number of carbonyl (C=O) groups excluding carboxylic acids is 1. The summed E-state index contributed by atoms with van der Waals surface area (Å²) in [5.74, 6) is 1.01. The number of benzene rings is 1. The number of carbonyl (C=O) groups is 1. The molecular weight excluding hydrogens is 292 g/mol. The second-order valence-electron chi connectivity index (χ2n) is 5.12. The van der Waals surface area contributed by atoms with Gasteiger partial charge in [-0.05, 0) is 38.2 Å². The number of para-hydroxylation sites is 2. The van der Waals surface area contributed by atoms with Gasteiger partial charge in [0.25, 0.3) is 5.91 Å². The van der Waals surface area contributed by atoms with Gasteiger partial charge in [0.2, 0.25) is 0 Å². The molecule has 0 bridgehead atoms. The maximum atomic E-state index is 12.4. The van der Waals surface area contributed by atoms with E-state index >= 15 is 0 Å². The number of anilines is 2. The molecule has 3 N–H and O–H groups in total. The smallest absolute Gasteiger partial charge is 0.255 e. The maximum Gasteiger partial charge on any atom is 0.255 e. The summed E-state index contributed by atoms with van der Waals surface area (Å²) >= 11 is 0. The number of amides is 1. The number of hydrogen-bond donors (Lipinski definition) is 3. The average molecular weight is 314 g/mol. The van der Waals surface area contributed by atoms with E-state index in [9.17, 15) is 4.79 Å². The molecule has 2 aromatic rings. The summed E-state index contributed by atoms with van der Waals surface area (Å²) in [5.41, 5.74) is 1.24. The highest BCUT2D eigenvalue weighted by molar-refractivity contribution is 5.99. The number of pyridine rings is 1. The zero-order chi connectivity index (χ0) is 16.7. The van der Waals surface area contributed by atoms with Crippen LogP contribution in [0.2, 0.25) is 0 Å². The van der Waals surface area contributed by atoms with Crippen LogP contribution < -0.4 is 20.7 Å². The van der Waals surface area contributed by atoms with Crippen molar-refractivity contribution in [3.63, 3.8) is 0 Å². The average Bonchev–Trinajstić information content (AvgIpc) is 2.60. The number of aromatic nitrogens is 1. The Morgan fingerprint density at radius 1 is 1.26 bits per heavy atom. The third-order valence-corrected chi connectivity index (χ3v) is 3.47. The molecule has 0 aliphatic heterocycles. The van der Waals surface area contributed by atoms with Crippen LogP contribution in [0.1, 0.15) is 17.3 Å². The van der Waals surface area contributed by atoms with Gasteiger partial charge < -0.3 is 20.7 Å². The van der Waals surface area contributed by atoms with Crippen molar-refractivity contribution in [3.05, 3.63) is 48.2 Å². The van der Waals surface area contributed by atoms with Crippen molar-refractivity contribution in [3.8, 4) is 5.75 Å². The predicted octanol–water partition coefficient (Wildman–Crippen LogP) is 2.17. The van der Waals surface area contributed by atoms with E-state index in [1.807, 2.05) is 38.2 Å². The van der Waals surface area contributed by atoms with E-state index in [1.54, 1.807) is 25.4 Å². The largest absolute Gasteiger partial charge is 0.495 e. The summed E-state index contributed by atoms with van der Waals surface area (Å²) in [6.45, 7) is 2.54. The van der Waals surface area contributed by atoms with E-state index < -0.39 is 0 Å². The second kappa shape index (κ2) is 8.14. The molecule has 1 aromatic heterocycles. The first-order chi connectivity index (χ1) is 11.2. The summed E-state index contributed by atoms with van der Waals surface area (Å²) in [5, 5.41) is 9.13. The topological polar surface area (TPSA) is 75.3 Å². The third kappa shape index (κ3) is 4.43. The van der Waals surface area contributed by atoms with E-state index in [2.05, 4.69) is 20.9 Å². The van der Waals surface area contributed by atoms with Crippen LogP contribution in [0.5, 0.6) is 5.75 Å². The first-order valence-corrected chi connectivity index (χ1v) is 7.46. The maximum absolute atomic E-state index is 12.4. The second-order valence-corrected chi connectivity index (χ2v) is 5.12. The number of rotatable bonds is 7. The van der Waals surface area contributed by atoms with Crippen molar-refractivity contribution in [2.24, 2.45) is 0 Å². The molecule has 1 heterocycles. The molecule has 6 heteroatoms. The number of likely N-dealkylation sites (N-methyl/N-ethyl adjacent to an activating group) is 1. The van der Waals surface area contributed by atoms with Crippen LogP contribution in [0, 0.1) is 0 Å². The summed E-state index contributed by atoms with van der Waals surface area (Å²) in [4.78, 5) is 16.7. The molecule has 1 unspecified atom stereocenters. The minimum Gasteiger partial charge on any atom is -0.495 e. The molecule has 1 amide bonds. The SMILES string of the molecule is CNC(C)CNC(=O)c1cccnc1Nc1ccccc1OC. The fourth-order valence-electron chi connectivity index (χ4n) is 2.01. The van der Waals surface area contributed by atoms with Gasteiger partial charge in [-0.15, -0.1) is 0 Å². The van der Waals surface area contributed by atoms with E-state index in [-0.39, 0.29) is 11.9 Å². The minimum absolute atomic E-state index is 0.169. The molecule has 0 fully saturated rings. The Morgan fingerprint density at radius 3 is 2.78 bits per heavy atom. The first kappa shape index (κ1) is 16.8. The molecule has 0 radical (unpaired) electrons. The van der Waals surface area contributed by atoms with E-state index in [0.717, 1.165) is 5.69 Å². The fraction of sp³-hybridized carbons (Fsp3) is 0.294. The zero-order valence-corrected chi connectivity index (χ0v) is 13.6. The van der Waals surface area contributed by atoms with Crippen molar-refractivity contribution in [2.75, 3.05) is 26.0 Å². The lowest BCUT2D eigenvalue weighted by molar-refractivity contribution is 0.0951. The van der Waals surface area contributed by atoms with Crippen LogP contribution in [0.3, 0.4) is 0 Å². The van der Waals surface area contributed by atoms with Gasteiger partial charge in [-0.25, -0.2) is 4.98 Å². The molecule has 2 rings (SSSR count). The van der Waals surface area contributed by atoms with Gasteiger partial charge in [-0.3, -0.25) is 4.79 Å². The van der Waals surface area contributed by atoms with Crippen LogP contribution in [-0.2, 0) is 0 Å². The van der Waals surface area contributed by atoms with Crippen molar-refractivity contribution < 1.29 is 9.53 Å². The van der Waals surface area contributed by atoms with E-state index in [1.165, 1.54) is 0 Å². The van der Waals surface area contributed by atoms with Crippen LogP contribution in [0.25, 0.3) is 0 Å². The molecule has 0 spiro atoms. The van der Waals surface area contributed by atoms with Crippen LogP contribution >= 0.6 is 0 Å². The van der Waals surface area contributed by atoms with Gasteiger partial charge >= 0.3 is 0 Å². The molecule has 0 aliphatic rings. The Labute approximate surface area is 136 Å². The van der Waals surface area contributed by atoms with Crippen LogP contribution in [0.4, 0.5) is 11.5 Å². The Kier molecular flexibility index (Phi) is 5.94. The van der Waals surface area contributed by atoms with Crippen molar-refractivity contribution in [2.45, 2.75) is 13.0 Å². The van der Waals surface area contributed by atoms with Crippen LogP contribution in [-0.4, -0.2) is 37.6 Å². The van der Waals surface area contributed by atoms with E-state index in [0.29, 0.717) is 23.7 Å². The first-order valence-electron chi connectivity index (χ1n) is 7.46. The molecule has 0 saturated heterocycles. The quantitative estimate of drug-likeness (QED) is 0.730. The van der Waals surface area contributed by atoms with Gasteiger partial charge in [-0.1, -0.05) is 12.1 Å².